The first-order valence-electron chi connectivity index (χ1n) is 5.51. The average Bonchev–Trinajstić information content (AvgIpc) is 2.11. The van der Waals surface area contributed by atoms with Crippen LogP contribution in [0.25, 0.3) is 0 Å². The molecule has 0 aliphatic heterocycles. The lowest BCUT2D eigenvalue weighted by Crippen LogP contribution is -2.23. The summed E-state index contributed by atoms with van der Waals surface area (Å²) in [4.78, 5) is 11.6. The van der Waals surface area contributed by atoms with E-state index in [0.29, 0.717) is 5.78 Å². The Kier molecular flexibility index (Phi) is 3.87. The maximum absolute atomic E-state index is 11.6. The highest BCUT2D eigenvalue weighted by Gasteiger charge is 2.25. The quantitative estimate of drug-likeness (QED) is 0.697. The number of Topliss-reactive ketones (excluding diaryl/α,β-unsaturated/α-hetero) is 1. The predicted molar refractivity (Wildman–Crippen MR) is 59.3 cm³/mol. The molecular weight excluding hydrogens is 174 g/mol. The van der Waals surface area contributed by atoms with Gasteiger partial charge in [-0.2, -0.15) is 0 Å². The van der Waals surface area contributed by atoms with Crippen molar-refractivity contribution in [3.63, 3.8) is 0 Å². The summed E-state index contributed by atoms with van der Waals surface area (Å²) in [5, 5.41) is 3.25. The third-order valence-corrected chi connectivity index (χ3v) is 2.74. The molecule has 0 aromatic heterocycles. The summed E-state index contributed by atoms with van der Waals surface area (Å²) >= 11 is 0. The van der Waals surface area contributed by atoms with E-state index in [0.717, 1.165) is 37.9 Å². The Morgan fingerprint density at radius 3 is 2.86 bits per heavy atom. The fourth-order valence-electron chi connectivity index (χ4n) is 1.83. The van der Waals surface area contributed by atoms with Crippen molar-refractivity contribution in [2.24, 2.45) is 5.41 Å². The zero-order valence-electron chi connectivity index (χ0n) is 9.52. The largest absolute Gasteiger partial charge is 0.317 e. The lowest BCUT2D eigenvalue weighted by molar-refractivity contribution is -0.116. The van der Waals surface area contributed by atoms with E-state index >= 15 is 0 Å². The molecule has 0 heterocycles. The number of carbonyl (C=O) groups excluding carboxylic acids is 1. The SMILES string of the molecule is CCNCCC1=CC(C)(C)CCC1=O. The van der Waals surface area contributed by atoms with Crippen LogP contribution in [0.15, 0.2) is 11.6 Å². The highest BCUT2D eigenvalue weighted by atomic mass is 16.1. The molecule has 1 N–H and O–H groups in total. The van der Waals surface area contributed by atoms with Gasteiger partial charge in [0.2, 0.25) is 0 Å². The van der Waals surface area contributed by atoms with E-state index in [-0.39, 0.29) is 5.41 Å². The van der Waals surface area contributed by atoms with E-state index in [1.165, 1.54) is 0 Å². The van der Waals surface area contributed by atoms with E-state index in [2.05, 4.69) is 32.2 Å². The molecule has 1 rings (SSSR count). The van der Waals surface area contributed by atoms with Gasteiger partial charge < -0.3 is 5.32 Å². The first-order chi connectivity index (χ1) is 6.55. The van der Waals surface area contributed by atoms with Gasteiger partial charge in [0.25, 0.3) is 0 Å². The van der Waals surface area contributed by atoms with Gasteiger partial charge in [0, 0.05) is 6.42 Å². The average molecular weight is 195 g/mol. The Balaban J connectivity index is 2.55. The molecule has 0 radical (unpaired) electrons. The highest BCUT2D eigenvalue weighted by Crippen LogP contribution is 2.32. The zero-order chi connectivity index (χ0) is 10.6. The lowest BCUT2D eigenvalue weighted by Gasteiger charge is -2.26. The molecule has 0 spiro atoms. The maximum atomic E-state index is 11.6. The van der Waals surface area contributed by atoms with Gasteiger partial charge in [-0.25, -0.2) is 0 Å². The first-order valence-corrected chi connectivity index (χ1v) is 5.51. The van der Waals surface area contributed by atoms with Gasteiger partial charge in [0.1, 0.15) is 0 Å². The van der Waals surface area contributed by atoms with E-state index in [9.17, 15) is 4.79 Å². The Hall–Kier alpha value is -0.630. The Morgan fingerprint density at radius 2 is 2.21 bits per heavy atom. The second kappa shape index (κ2) is 4.74. The number of carbonyl (C=O) groups is 1. The molecule has 2 heteroatoms. The van der Waals surface area contributed by atoms with E-state index in [4.69, 9.17) is 0 Å². The topological polar surface area (TPSA) is 29.1 Å². The smallest absolute Gasteiger partial charge is 0.158 e. The summed E-state index contributed by atoms with van der Waals surface area (Å²) in [5.41, 5.74) is 1.25. The fourth-order valence-corrected chi connectivity index (χ4v) is 1.83. The van der Waals surface area contributed by atoms with Crippen LogP contribution in [-0.4, -0.2) is 18.9 Å². The van der Waals surface area contributed by atoms with Crippen LogP contribution < -0.4 is 5.32 Å². The number of hydrogen-bond donors (Lipinski definition) is 1. The third kappa shape index (κ3) is 3.26. The van der Waals surface area contributed by atoms with Gasteiger partial charge in [0.15, 0.2) is 5.78 Å². The minimum Gasteiger partial charge on any atom is -0.317 e. The molecule has 14 heavy (non-hydrogen) atoms. The molecule has 0 aromatic rings. The number of ketones is 1. The normalized spacial score (nSPS) is 20.8. The Bertz CT molecular complexity index is 241. The molecule has 0 unspecified atom stereocenters. The summed E-state index contributed by atoms with van der Waals surface area (Å²) < 4.78 is 0. The van der Waals surface area contributed by atoms with Crippen LogP contribution in [0, 0.1) is 5.41 Å². The van der Waals surface area contributed by atoms with Crippen LogP contribution in [0.5, 0.6) is 0 Å². The van der Waals surface area contributed by atoms with Crippen LogP contribution >= 0.6 is 0 Å². The monoisotopic (exact) mass is 195 g/mol. The zero-order valence-corrected chi connectivity index (χ0v) is 9.52. The van der Waals surface area contributed by atoms with Crippen molar-refractivity contribution >= 4 is 5.78 Å². The Labute approximate surface area is 86.8 Å². The second-order valence-corrected chi connectivity index (χ2v) is 4.68. The van der Waals surface area contributed by atoms with Gasteiger partial charge in [-0.1, -0.05) is 26.8 Å². The van der Waals surface area contributed by atoms with Crippen LogP contribution in [0.1, 0.15) is 40.0 Å². The molecule has 1 aliphatic carbocycles. The van der Waals surface area contributed by atoms with Crippen molar-refractivity contribution in [1.29, 1.82) is 0 Å². The minimum absolute atomic E-state index is 0.218. The van der Waals surface area contributed by atoms with Crippen LogP contribution in [0.4, 0.5) is 0 Å². The van der Waals surface area contributed by atoms with Crippen LogP contribution in [0.2, 0.25) is 0 Å². The van der Waals surface area contributed by atoms with Gasteiger partial charge >= 0.3 is 0 Å². The van der Waals surface area contributed by atoms with E-state index < -0.39 is 0 Å². The lowest BCUT2D eigenvalue weighted by atomic mass is 9.78. The first kappa shape index (κ1) is 11.4. The summed E-state index contributed by atoms with van der Waals surface area (Å²) in [6, 6.07) is 0. The molecule has 2 nitrogen and oxygen atoms in total. The molecule has 0 saturated carbocycles. The standard InChI is InChI=1S/C12H21NO/c1-4-13-8-6-10-9-12(2,3)7-5-11(10)14/h9,13H,4-8H2,1-3H3. The van der Waals surface area contributed by atoms with Crippen molar-refractivity contribution in [2.75, 3.05) is 13.1 Å². The summed E-state index contributed by atoms with van der Waals surface area (Å²) in [5.74, 6) is 0.349. The minimum atomic E-state index is 0.218. The number of hydrogen-bond acceptors (Lipinski definition) is 2. The van der Waals surface area contributed by atoms with Crippen molar-refractivity contribution in [3.8, 4) is 0 Å². The number of allylic oxidation sites excluding steroid dienone is 1. The molecule has 0 bridgehead atoms. The molecule has 1 aliphatic rings. The van der Waals surface area contributed by atoms with Crippen LogP contribution in [-0.2, 0) is 4.79 Å². The molecule has 0 amide bonds. The number of nitrogens with one attached hydrogen (secondary N) is 1. The summed E-state index contributed by atoms with van der Waals surface area (Å²) in [7, 11) is 0. The summed E-state index contributed by atoms with van der Waals surface area (Å²) in [6.07, 6.45) is 4.77. The molecular formula is C12H21NO. The molecule has 0 aromatic carbocycles. The van der Waals surface area contributed by atoms with Gasteiger partial charge in [-0.15, -0.1) is 0 Å². The molecule has 0 fully saturated rings. The highest BCUT2D eigenvalue weighted by molar-refractivity contribution is 5.96. The van der Waals surface area contributed by atoms with E-state index in [1.54, 1.807) is 0 Å². The van der Waals surface area contributed by atoms with Crippen molar-refractivity contribution < 1.29 is 4.79 Å². The molecule has 0 atom stereocenters. The van der Waals surface area contributed by atoms with Crippen molar-refractivity contribution in [1.82, 2.24) is 5.32 Å². The molecule has 80 valence electrons. The van der Waals surface area contributed by atoms with Crippen molar-refractivity contribution in [3.05, 3.63) is 11.6 Å². The summed E-state index contributed by atoms with van der Waals surface area (Å²) in [6.45, 7) is 8.38. The third-order valence-electron chi connectivity index (χ3n) is 2.74. The maximum Gasteiger partial charge on any atom is 0.158 e. The Morgan fingerprint density at radius 1 is 1.50 bits per heavy atom. The van der Waals surface area contributed by atoms with Crippen molar-refractivity contribution in [2.45, 2.75) is 40.0 Å². The van der Waals surface area contributed by atoms with Crippen LogP contribution in [0.3, 0.4) is 0 Å². The fraction of sp³-hybridized carbons (Fsp3) is 0.750. The van der Waals surface area contributed by atoms with Gasteiger partial charge in [0.05, 0.1) is 0 Å². The van der Waals surface area contributed by atoms with Gasteiger partial charge in [-0.3, -0.25) is 4.79 Å². The number of rotatable bonds is 4. The van der Waals surface area contributed by atoms with Gasteiger partial charge in [-0.05, 0) is 36.9 Å². The van der Waals surface area contributed by atoms with E-state index in [1.807, 2.05) is 0 Å². The predicted octanol–water partition coefficient (Wildman–Crippen LogP) is 2.30. The second-order valence-electron chi connectivity index (χ2n) is 4.68. The molecule has 0 saturated heterocycles.